The number of aromatic nitrogens is 2. The predicted molar refractivity (Wildman–Crippen MR) is 115 cm³/mol. The molecule has 3 heterocycles. The number of rotatable bonds is 4. The summed E-state index contributed by atoms with van der Waals surface area (Å²) in [4.78, 5) is 48.1. The number of fused-ring (bicyclic) bond motifs is 1. The normalized spacial score (nSPS) is 15.1. The second-order valence-electron chi connectivity index (χ2n) is 7.02. The van der Waals surface area contributed by atoms with Gasteiger partial charge in [-0.2, -0.15) is 0 Å². The van der Waals surface area contributed by atoms with E-state index in [1.165, 1.54) is 11.3 Å². The summed E-state index contributed by atoms with van der Waals surface area (Å²) in [5.74, 6) is -0.379. The van der Waals surface area contributed by atoms with E-state index in [2.05, 4.69) is 20.6 Å². The number of carbonyl (C=O) groups excluding carboxylic acids is 3. The van der Waals surface area contributed by atoms with Crippen LogP contribution in [0.4, 0.5) is 9.93 Å². The lowest BCUT2D eigenvalue weighted by Crippen LogP contribution is -2.55. The summed E-state index contributed by atoms with van der Waals surface area (Å²) in [6.07, 6.45) is 3.33. The molecule has 0 radical (unpaired) electrons. The third-order valence-electron chi connectivity index (χ3n) is 5.07. The number of aromatic amines is 1. The Labute approximate surface area is 177 Å². The SMILES string of the molecule is C[C@H](NC(=O)N1CCN(C(=O)c2c[nH]c3ccccc23)CC1)C(=O)Nc1nccs1. The Morgan fingerprint density at radius 2 is 1.87 bits per heavy atom. The highest BCUT2D eigenvalue weighted by Gasteiger charge is 2.27. The summed E-state index contributed by atoms with van der Waals surface area (Å²) in [7, 11) is 0. The number of carbonyl (C=O) groups is 3. The molecule has 4 rings (SSSR count). The highest BCUT2D eigenvalue weighted by molar-refractivity contribution is 7.13. The van der Waals surface area contributed by atoms with Crippen LogP contribution in [0.1, 0.15) is 17.3 Å². The number of nitrogens with one attached hydrogen (secondary N) is 3. The van der Waals surface area contributed by atoms with E-state index in [4.69, 9.17) is 0 Å². The fourth-order valence-corrected chi connectivity index (χ4v) is 3.90. The summed E-state index contributed by atoms with van der Waals surface area (Å²) in [6.45, 7) is 3.30. The Morgan fingerprint density at radius 3 is 2.60 bits per heavy atom. The first-order chi connectivity index (χ1) is 14.5. The molecule has 4 amide bonds. The summed E-state index contributed by atoms with van der Waals surface area (Å²) in [6, 6.07) is 6.65. The monoisotopic (exact) mass is 426 g/mol. The van der Waals surface area contributed by atoms with Gasteiger partial charge in [-0.05, 0) is 13.0 Å². The van der Waals surface area contributed by atoms with Crippen LogP contribution < -0.4 is 10.6 Å². The Balaban J connectivity index is 1.30. The summed E-state index contributed by atoms with van der Waals surface area (Å²) in [5.41, 5.74) is 1.56. The number of thiazole rings is 1. The molecule has 156 valence electrons. The smallest absolute Gasteiger partial charge is 0.318 e. The summed E-state index contributed by atoms with van der Waals surface area (Å²) in [5, 5.41) is 8.50. The van der Waals surface area contributed by atoms with Crippen molar-refractivity contribution in [3.63, 3.8) is 0 Å². The molecule has 1 aliphatic heterocycles. The molecule has 0 spiro atoms. The van der Waals surface area contributed by atoms with Crippen molar-refractivity contribution in [1.82, 2.24) is 25.1 Å². The van der Waals surface area contributed by atoms with Gasteiger partial charge in [0.05, 0.1) is 5.56 Å². The molecule has 0 bridgehead atoms. The molecule has 1 aromatic carbocycles. The number of amides is 4. The standard InChI is InChI=1S/C20H22N6O3S/c1-13(17(27)24-19-21-6-11-30-19)23-20(29)26-9-7-25(8-10-26)18(28)15-12-22-16-5-3-2-4-14(15)16/h2-6,11-13,22H,7-10H2,1H3,(H,23,29)(H,21,24,27)/t13-/m0/s1. The Morgan fingerprint density at radius 1 is 1.13 bits per heavy atom. The number of H-pyrrole nitrogens is 1. The van der Waals surface area contributed by atoms with Crippen LogP contribution in [0.5, 0.6) is 0 Å². The number of hydrogen-bond acceptors (Lipinski definition) is 5. The molecule has 1 saturated heterocycles. The fourth-order valence-electron chi connectivity index (χ4n) is 3.37. The molecule has 10 heteroatoms. The van der Waals surface area contributed by atoms with Crippen LogP contribution in [0.2, 0.25) is 0 Å². The minimum atomic E-state index is -0.702. The minimum Gasteiger partial charge on any atom is -0.360 e. The molecule has 0 saturated carbocycles. The molecule has 0 aliphatic carbocycles. The highest BCUT2D eigenvalue weighted by Crippen LogP contribution is 2.20. The van der Waals surface area contributed by atoms with Crippen molar-refractivity contribution < 1.29 is 14.4 Å². The number of piperazine rings is 1. The van der Waals surface area contributed by atoms with E-state index in [0.717, 1.165) is 10.9 Å². The first-order valence-electron chi connectivity index (χ1n) is 9.64. The predicted octanol–water partition coefficient (Wildman–Crippen LogP) is 2.12. The molecular formula is C20H22N6O3S. The number of anilines is 1. The van der Waals surface area contributed by atoms with Crippen molar-refractivity contribution in [1.29, 1.82) is 0 Å². The zero-order chi connectivity index (χ0) is 21.1. The molecule has 2 aromatic heterocycles. The Hall–Kier alpha value is -3.40. The molecule has 9 nitrogen and oxygen atoms in total. The van der Waals surface area contributed by atoms with Crippen LogP contribution in [-0.2, 0) is 4.79 Å². The first kappa shape index (κ1) is 19.9. The van der Waals surface area contributed by atoms with Crippen LogP contribution in [0.15, 0.2) is 42.0 Å². The van der Waals surface area contributed by atoms with Gasteiger partial charge >= 0.3 is 6.03 Å². The van der Waals surface area contributed by atoms with E-state index in [9.17, 15) is 14.4 Å². The minimum absolute atomic E-state index is 0.0521. The lowest BCUT2D eigenvalue weighted by atomic mass is 10.1. The quantitative estimate of drug-likeness (QED) is 0.593. The van der Waals surface area contributed by atoms with E-state index in [0.29, 0.717) is 36.9 Å². The van der Waals surface area contributed by atoms with Crippen LogP contribution in [0.3, 0.4) is 0 Å². The van der Waals surface area contributed by atoms with Crippen LogP contribution in [0, 0.1) is 0 Å². The van der Waals surface area contributed by atoms with Gasteiger partial charge < -0.3 is 25.4 Å². The lowest BCUT2D eigenvalue weighted by Gasteiger charge is -2.35. The average Bonchev–Trinajstić information content (AvgIpc) is 3.43. The van der Waals surface area contributed by atoms with E-state index < -0.39 is 6.04 Å². The number of hydrogen-bond donors (Lipinski definition) is 3. The van der Waals surface area contributed by atoms with Crippen molar-refractivity contribution in [3.8, 4) is 0 Å². The molecule has 1 fully saturated rings. The van der Waals surface area contributed by atoms with Gasteiger partial charge in [-0.25, -0.2) is 9.78 Å². The number of benzene rings is 1. The molecule has 3 N–H and O–H groups in total. The largest absolute Gasteiger partial charge is 0.360 e. The van der Waals surface area contributed by atoms with Gasteiger partial charge in [0, 0.05) is 54.9 Å². The maximum atomic E-state index is 12.9. The van der Waals surface area contributed by atoms with Crippen LogP contribution in [-0.4, -0.2) is 69.8 Å². The molecule has 1 atom stereocenters. The molecule has 3 aromatic rings. The third kappa shape index (κ3) is 4.13. The lowest BCUT2D eigenvalue weighted by molar-refractivity contribution is -0.117. The van der Waals surface area contributed by atoms with Gasteiger partial charge in [0.25, 0.3) is 5.91 Å². The van der Waals surface area contributed by atoms with E-state index >= 15 is 0 Å². The zero-order valence-corrected chi connectivity index (χ0v) is 17.2. The third-order valence-corrected chi connectivity index (χ3v) is 5.76. The Bertz CT molecular complexity index is 1060. The van der Waals surface area contributed by atoms with E-state index in [1.807, 2.05) is 24.3 Å². The van der Waals surface area contributed by atoms with Crippen molar-refractivity contribution in [3.05, 3.63) is 47.6 Å². The van der Waals surface area contributed by atoms with Crippen molar-refractivity contribution >= 4 is 45.2 Å². The van der Waals surface area contributed by atoms with Gasteiger partial charge in [-0.15, -0.1) is 11.3 Å². The average molecular weight is 427 g/mol. The highest BCUT2D eigenvalue weighted by atomic mass is 32.1. The van der Waals surface area contributed by atoms with E-state index in [1.54, 1.807) is 34.5 Å². The maximum Gasteiger partial charge on any atom is 0.318 e. The molecule has 30 heavy (non-hydrogen) atoms. The summed E-state index contributed by atoms with van der Waals surface area (Å²) >= 11 is 1.31. The second-order valence-corrected chi connectivity index (χ2v) is 7.92. The van der Waals surface area contributed by atoms with Crippen LogP contribution >= 0.6 is 11.3 Å². The van der Waals surface area contributed by atoms with Crippen molar-refractivity contribution in [2.45, 2.75) is 13.0 Å². The molecular weight excluding hydrogens is 404 g/mol. The van der Waals surface area contributed by atoms with E-state index in [-0.39, 0.29) is 17.8 Å². The van der Waals surface area contributed by atoms with Gasteiger partial charge in [0.1, 0.15) is 6.04 Å². The topological polar surface area (TPSA) is 110 Å². The van der Waals surface area contributed by atoms with Gasteiger partial charge in [0.15, 0.2) is 5.13 Å². The first-order valence-corrected chi connectivity index (χ1v) is 10.5. The maximum absolute atomic E-state index is 12.9. The fraction of sp³-hybridized carbons (Fsp3) is 0.300. The Kier molecular flexibility index (Phi) is 5.66. The van der Waals surface area contributed by atoms with Crippen LogP contribution in [0.25, 0.3) is 10.9 Å². The summed E-state index contributed by atoms with van der Waals surface area (Å²) < 4.78 is 0. The number of nitrogens with zero attached hydrogens (tertiary/aromatic N) is 3. The molecule has 0 unspecified atom stereocenters. The van der Waals surface area contributed by atoms with Gasteiger partial charge in [-0.1, -0.05) is 18.2 Å². The molecule has 1 aliphatic rings. The number of para-hydroxylation sites is 1. The van der Waals surface area contributed by atoms with Gasteiger partial charge in [-0.3, -0.25) is 9.59 Å². The van der Waals surface area contributed by atoms with Crippen molar-refractivity contribution in [2.75, 3.05) is 31.5 Å². The van der Waals surface area contributed by atoms with Crippen molar-refractivity contribution in [2.24, 2.45) is 0 Å². The zero-order valence-electron chi connectivity index (χ0n) is 16.4. The van der Waals surface area contributed by atoms with Gasteiger partial charge in [0.2, 0.25) is 5.91 Å². The number of urea groups is 1. The second kappa shape index (κ2) is 8.54.